The van der Waals surface area contributed by atoms with Gasteiger partial charge in [0, 0.05) is 6.07 Å². The highest BCUT2D eigenvalue weighted by Gasteiger charge is 2.14. The van der Waals surface area contributed by atoms with Crippen molar-refractivity contribution in [3.05, 3.63) is 41.8 Å². The monoisotopic (exact) mass is 317 g/mol. The van der Waals surface area contributed by atoms with E-state index in [2.05, 4.69) is 15.5 Å². The lowest BCUT2D eigenvalue weighted by Crippen LogP contribution is -2.10. The molecule has 0 spiro atoms. The summed E-state index contributed by atoms with van der Waals surface area (Å²) in [6, 6.07) is 6.50. The lowest BCUT2D eigenvalue weighted by Gasteiger charge is -2.00. The topological polar surface area (TPSA) is 94.3 Å². The number of carbonyl (C=O) groups is 2. The molecule has 3 aromatic rings. The van der Waals surface area contributed by atoms with E-state index in [1.807, 2.05) is 0 Å². The lowest BCUT2D eigenvalue weighted by atomic mass is 10.2. The van der Waals surface area contributed by atoms with E-state index in [1.54, 1.807) is 25.1 Å². The Kier molecular flexibility index (Phi) is 3.84. The first-order valence-electron chi connectivity index (χ1n) is 6.47. The summed E-state index contributed by atoms with van der Waals surface area (Å²) in [6.07, 6.45) is 1.39. The van der Waals surface area contributed by atoms with Crippen LogP contribution in [0.2, 0.25) is 0 Å². The third-order valence-corrected chi connectivity index (χ3v) is 3.72. The molecule has 1 N–H and O–H groups in total. The highest BCUT2D eigenvalue weighted by Crippen LogP contribution is 2.27. The summed E-state index contributed by atoms with van der Waals surface area (Å²) in [5.74, 6) is -0.710. The van der Waals surface area contributed by atoms with Crippen LogP contribution in [0.4, 0.5) is 5.13 Å². The first kappa shape index (κ1) is 14.2. The van der Waals surface area contributed by atoms with Crippen LogP contribution in [0.25, 0.3) is 10.2 Å². The van der Waals surface area contributed by atoms with Crippen LogP contribution in [0, 0.1) is 0 Å². The minimum absolute atomic E-state index is 0.103. The van der Waals surface area contributed by atoms with Crippen LogP contribution in [-0.2, 0) is 4.74 Å². The maximum Gasteiger partial charge on any atom is 0.338 e. The summed E-state index contributed by atoms with van der Waals surface area (Å²) in [7, 11) is 0. The van der Waals surface area contributed by atoms with Crippen molar-refractivity contribution in [2.24, 2.45) is 0 Å². The molecule has 22 heavy (non-hydrogen) atoms. The smallest absolute Gasteiger partial charge is 0.338 e. The summed E-state index contributed by atoms with van der Waals surface area (Å²) in [6.45, 7) is 2.07. The van der Waals surface area contributed by atoms with E-state index in [-0.39, 0.29) is 11.7 Å². The van der Waals surface area contributed by atoms with Gasteiger partial charge in [0.25, 0.3) is 5.91 Å². The summed E-state index contributed by atoms with van der Waals surface area (Å²) in [5, 5.41) is 6.51. The van der Waals surface area contributed by atoms with E-state index >= 15 is 0 Å². The molecule has 8 heteroatoms. The molecule has 0 fully saturated rings. The number of nitrogens with zero attached hydrogens (tertiary/aromatic N) is 2. The summed E-state index contributed by atoms with van der Waals surface area (Å²) in [4.78, 5) is 27.8. The van der Waals surface area contributed by atoms with Crippen LogP contribution in [0.3, 0.4) is 0 Å². The second-order valence-electron chi connectivity index (χ2n) is 4.25. The summed E-state index contributed by atoms with van der Waals surface area (Å²) >= 11 is 1.26. The molecule has 7 nitrogen and oxygen atoms in total. The number of hydrogen-bond acceptors (Lipinski definition) is 7. The van der Waals surface area contributed by atoms with E-state index < -0.39 is 5.91 Å². The first-order valence-corrected chi connectivity index (χ1v) is 7.29. The SMILES string of the molecule is CCOC(=O)c1ccc2nc(NC(=O)c3ccno3)sc2c1. The number of hydrogen-bond donors (Lipinski definition) is 1. The molecule has 0 atom stereocenters. The van der Waals surface area contributed by atoms with Gasteiger partial charge in [0.2, 0.25) is 5.76 Å². The zero-order valence-electron chi connectivity index (χ0n) is 11.5. The molecular formula is C14H11N3O4S. The molecule has 0 unspecified atom stereocenters. The molecule has 0 aliphatic carbocycles. The van der Waals surface area contributed by atoms with Gasteiger partial charge in [0.05, 0.1) is 28.6 Å². The van der Waals surface area contributed by atoms with Crippen LogP contribution in [0.5, 0.6) is 0 Å². The number of carbonyl (C=O) groups excluding carboxylic acids is 2. The van der Waals surface area contributed by atoms with Crippen molar-refractivity contribution in [3.8, 4) is 0 Å². The number of ether oxygens (including phenoxy) is 1. The van der Waals surface area contributed by atoms with Gasteiger partial charge in [-0.05, 0) is 25.1 Å². The highest BCUT2D eigenvalue weighted by molar-refractivity contribution is 7.22. The minimum atomic E-state index is -0.429. The number of amides is 1. The van der Waals surface area contributed by atoms with Crippen LogP contribution in [0.15, 0.2) is 35.0 Å². The molecule has 0 saturated heterocycles. The second kappa shape index (κ2) is 5.94. The van der Waals surface area contributed by atoms with Gasteiger partial charge in [0.15, 0.2) is 5.13 Å². The Bertz CT molecular complexity index is 826. The molecule has 0 saturated carbocycles. The molecule has 3 rings (SSSR count). The lowest BCUT2D eigenvalue weighted by molar-refractivity contribution is 0.0526. The Morgan fingerprint density at radius 1 is 1.36 bits per heavy atom. The van der Waals surface area contributed by atoms with Gasteiger partial charge in [-0.1, -0.05) is 16.5 Å². The first-order chi connectivity index (χ1) is 10.7. The Morgan fingerprint density at radius 3 is 2.95 bits per heavy atom. The third kappa shape index (κ3) is 2.82. The number of fused-ring (bicyclic) bond motifs is 1. The minimum Gasteiger partial charge on any atom is -0.462 e. The van der Waals surface area contributed by atoms with Gasteiger partial charge in [0.1, 0.15) is 0 Å². The Morgan fingerprint density at radius 2 is 2.23 bits per heavy atom. The molecule has 0 aliphatic heterocycles. The van der Waals surface area contributed by atoms with E-state index in [0.717, 1.165) is 4.70 Å². The second-order valence-corrected chi connectivity index (χ2v) is 5.28. The highest BCUT2D eigenvalue weighted by atomic mass is 32.1. The summed E-state index contributed by atoms with van der Waals surface area (Å²) in [5.41, 5.74) is 1.14. The van der Waals surface area contributed by atoms with Crippen molar-refractivity contribution >= 4 is 38.6 Å². The van der Waals surface area contributed by atoms with Crippen molar-refractivity contribution in [2.75, 3.05) is 11.9 Å². The molecule has 0 aliphatic rings. The Labute approximate surface area is 128 Å². The van der Waals surface area contributed by atoms with Gasteiger partial charge in [-0.15, -0.1) is 0 Å². The fourth-order valence-corrected chi connectivity index (χ4v) is 2.71. The van der Waals surface area contributed by atoms with E-state index in [0.29, 0.717) is 22.8 Å². The number of nitrogens with one attached hydrogen (secondary N) is 1. The van der Waals surface area contributed by atoms with Gasteiger partial charge in [-0.25, -0.2) is 9.78 Å². The van der Waals surface area contributed by atoms with Crippen LogP contribution < -0.4 is 5.32 Å². The predicted octanol–water partition coefficient (Wildman–Crippen LogP) is 2.71. The molecule has 112 valence electrons. The van der Waals surface area contributed by atoms with Gasteiger partial charge >= 0.3 is 5.97 Å². The summed E-state index contributed by atoms with van der Waals surface area (Å²) < 4.78 is 10.5. The van der Waals surface area contributed by atoms with E-state index in [1.165, 1.54) is 23.6 Å². The molecular weight excluding hydrogens is 306 g/mol. The molecule has 2 aromatic heterocycles. The number of rotatable bonds is 4. The van der Waals surface area contributed by atoms with Crippen molar-refractivity contribution in [1.29, 1.82) is 0 Å². The number of thiazole rings is 1. The molecule has 1 aromatic carbocycles. The van der Waals surface area contributed by atoms with Crippen LogP contribution >= 0.6 is 11.3 Å². The number of anilines is 1. The zero-order valence-corrected chi connectivity index (χ0v) is 12.3. The maximum atomic E-state index is 11.9. The fraction of sp³-hybridized carbons (Fsp3) is 0.143. The third-order valence-electron chi connectivity index (χ3n) is 2.78. The predicted molar refractivity (Wildman–Crippen MR) is 80.0 cm³/mol. The molecule has 1 amide bonds. The quantitative estimate of drug-likeness (QED) is 0.743. The standard InChI is InChI=1S/C14H11N3O4S/c1-2-20-13(19)8-3-4-9-11(7-8)22-14(16-9)17-12(18)10-5-6-15-21-10/h3-7H,2H2,1H3,(H,16,17,18). The zero-order chi connectivity index (χ0) is 15.5. The Hall–Kier alpha value is -2.74. The Balaban J connectivity index is 1.83. The van der Waals surface area contributed by atoms with Gasteiger partial charge < -0.3 is 9.26 Å². The van der Waals surface area contributed by atoms with Crippen molar-refractivity contribution in [3.63, 3.8) is 0 Å². The normalized spacial score (nSPS) is 10.6. The maximum absolute atomic E-state index is 11.9. The van der Waals surface area contributed by atoms with E-state index in [9.17, 15) is 9.59 Å². The average molecular weight is 317 g/mol. The largest absolute Gasteiger partial charge is 0.462 e. The number of esters is 1. The van der Waals surface area contributed by atoms with Gasteiger partial charge in [-0.3, -0.25) is 10.1 Å². The van der Waals surface area contributed by atoms with Crippen LogP contribution in [-0.4, -0.2) is 28.6 Å². The van der Waals surface area contributed by atoms with E-state index in [4.69, 9.17) is 9.26 Å². The van der Waals surface area contributed by atoms with Gasteiger partial charge in [-0.2, -0.15) is 0 Å². The van der Waals surface area contributed by atoms with Crippen molar-refractivity contribution in [1.82, 2.24) is 10.1 Å². The van der Waals surface area contributed by atoms with Crippen molar-refractivity contribution < 1.29 is 18.8 Å². The average Bonchev–Trinajstić information content (AvgIpc) is 3.15. The number of benzene rings is 1. The van der Waals surface area contributed by atoms with Crippen molar-refractivity contribution in [2.45, 2.75) is 6.92 Å². The number of aromatic nitrogens is 2. The fourth-order valence-electron chi connectivity index (χ4n) is 1.81. The molecule has 0 radical (unpaired) electrons. The van der Waals surface area contributed by atoms with Crippen LogP contribution in [0.1, 0.15) is 27.8 Å². The molecule has 0 bridgehead atoms. The molecule has 2 heterocycles.